The van der Waals surface area contributed by atoms with Crippen molar-refractivity contribution in [2.75, 3.05) is 11.4 Å². The van der Waals surface area contributed by atoms with Crippen molar-refractivity contribution in [1.82, 2.24) is 0 Å². The van der Waals surface area contributed by atoms with Crippen LogP contribution in [0.15, 0.2) is 22.7 Å². The van der Waals surface area contributed by atoms with E-state index in [1.54, 1.807) is 17.0 Å². The highest BCUT2D eigenvalue weighted by molar-refractivity contribution is 9.10. The minimum atomic E-state index is 0.0812. The molecule has 0 bridgehead atoms. The van der Waals surface area contributed by atoms with Crippen molar-refractivity contribution < 1.29 is 4.79 Å². The Balaban J connectivity index is 2.42. The molecule has 1 fully saturated rings. The highest BCUT2D eigenvalue weighted by atomic mass is 79.9. The molecule has 0 N–H and O–H groups in total. The Kier molecular flexibility index (Phi) is 3.31. The van der Waals surface area contributed by atoms with Crippen LogP contribution in [0, 0.1) is 11.3 Å². The van der Waals surface area contributed by atoms with Crippen molar-refractivity contribution >= 4 is 43.5 Å². The van der Waals surface area contributed by atoms with E-state index in [2.05, 4.69) is 37.9 Å². The topological polar surface area (TPSA) is 44.1 Å². The predicted octanol–water partition coefficient (Wildman–Crippen LogP) is 2.82. The molecular formula is C11H8Br2N2O. The lowest BCUT2D eigenvalue weighted by Crippen LogP contribution is -2.25. The molecule has 0 saturated carbocycles. The van der Waals surface area contributed by atoms with Crippen molar-refractivity contribution in [3.63, 3.8) is 0 Å². The summed E-state index contributed by atoms with van der Waals surface area (Å²) in [4.78, 5) is 13.6. The first-order valence-electron chi connectivity index (χ1n) is 4.76. The molecule has 0 spiro atoms. The smallest absolute Gasteiger partial charge is 0.228 e. The molecule has 82 valence electrons. The maximum Gasteiger partial charge on any atom is 0.228 e. The van der Waals surface area contributed by atoms with E-state index in [1.807, 2.05) is 6.07 Å². The van der Waals surface area contributed by atoms with E-state index >= 15 is 0 Å². The van der Waals surface area contributed by atoms with Gasteiger partial charge in [-0.3, -0.25) is 4.79 Å². The zero-order valence-electron chi connectivity index (χ0n) is 8.28. The minimum absolute atomic E-state index is 0.0812. The van der Waals surface area contributed by atoms with Crippen LogP contribution < -0.4 is 4.90 Å². The fourth-order valence-electron chi connectivity index (χ4n) is 1.71. The monoisotopic (exact) mass is 342 g/mol. The van der Waals surface area contributed by atoms with Gasteiger partial charge in [0.1, 0.15) is 6.07 Å². The Morgan fingerprint density at radius 3 is 2.81 bits per heavy atom. The molecule has 1 aliphatic heterocycles. The molecule has 0 radical (unpaired) electrons. The second kappa shape index (κ2) is 4.56. The van der Waals surface area contributed by atoms with Gasteiger partial charge < -0.3 is 4.90 Å². The van der Waals surface area contributed by atoms with E-state index in [-0.39, 0.29) is 10.7 Å². The summed E-state index contributed by atoms with van der Waals surface area (Å²) in [5, 5.41) is 8.91. The normalized spacial score (nSPS) is 19.9. The van der Waals surface area contributed by atoms with Gasteiger partial charge in [0, 0.05) is 17.8 Å². The lowest BCUT2D eigenvalue weighted by molar-refractivity contribution is -0.117. The molecule has 1 saturated heterocycles. The number of nitriles is 1. The summed E-state index contributed by atoms with van der Waals surface area (Å²) in [5.74, 6) is 0.0812. The Morgan fingerprint density at radius 1 is 1.50 bits per heavy atom. The Labute approximate surface area is 110 Å². The summed E-state index contributed by atoms with van der Waals surface area (Å²) in [7, 11) is 0. The molecular weight excluding hydrogens is 336 g/mol. The quantitative estimate of drug-likeness (QED) is 0.736. The highest BCUT2D eigenvalue weighted by Crippen LogP contribution is 2.33. The molecule has 1 atom stereocenters. The van der Waals surface area contributed by atoms with Gasteiger partial charge in [-0.15, -0.1) is 0 Å². The highest BCUT2D eigenvalue weighted by Gasteiger charge is 2.30. The number of nitrogens with zero attached hydrogens (tertiary/aromatic N) is 2. The van der Waals surface area contributed by atoms with Crippen LogP contribution >= 0.6 is 31.9 Å². The van der Waals surface area contributed by atoms with Gasteiger partial charge in [-0.05, 0) is 28.1 Å². The number of halogens is 2. The lowest BCUT2D eigenvalue weighted by Gasteiger charge is -2.18. The first-order chi connectivity index (χ1) is 7.63. The molecule has 5 heteroatoms. The zero-order chi connectivity index (χ0) is 11.7. The third-order valence-corrected chi connectivity index (χ3v) is 3.91. The maximum absolute atomic E-state index is 11.7. The SMILES string of the molecule is N#Cc1cccc(N2CC(Br)CC2=O)c1Br. The average Bonchev–Trinajstić information content (AvgIpc) is 2.58. The molecule has 3 nitrogen and oxygen atoms in total. The standard InChI is InChI=1S/C11H8Br2N2O/c12-8-4-10(16)15(6-8)9-3-1-2-7(5-14)11(9)13/h1-3,8H,4,6H2. The predicted molar refractivity (Wildman–Crippen MR) is 68.5 cm³/mol. The zero-order valence-corrected chi connectivity index (χ0v) is 11.5. The number of alkyl halides is 1. The van der Waals surface area contributed by atoms with Crippen LogP contribution in [0.5, 0.6) is 0 Å². The second-order valence-corrected chi connectivity index (χ2v) is 5.64. The van der Waals surface area contributed by atoms with Crippen LogP contribution in [0.1, 0.15) is 12.0 Å². The summed E-state index contributed by atoms with van der Waals surface area (Å²) >= 11 is 6.80. The number of hydrogen-bond acceptors (Lipinski definition) is 2. The number of benzene rings is 1. The molecule has 1 aliphatic rings. The van der Waals surface area contributed by atoms with E-state index in [1.165, 1.54) is 0 Å². The summed E-state index contributed by atoms with van der Waals surface area (Å²) in [5.41, 5.74) is 1.31. The second-order valence-electron chi connectivity index (χ2n) is 3.56. The molecule has 1 aromatic carbocycles. The van der Waals surface area contributed by atoms with Crippen molar-refractivity contribution in [3.05, 3.63) is 28.2 Å². The summed E-state index contributed by atoms with van der Waals surface area (Å²) in [6, 6.07) is 7.44. The lowest BCUT2D eigenvalue weighted by atomic mass is 10.2. The third-order valence-electron chi connectivity index (χ3n) is 2.47. The molecule has 1 aromatic rings. The number of rotatable bonds is 1. The van der Waals surface area contributed by atoms with Gasteiger partial charge in [-0.2, -0.15) is 5.26 Å². The van der Waals surface area contributed by atoms with Gasteiger partial charge in [0.15, 0.2) is 0 Å². The van der Waals surface area contributed by atoms with Crippen molar-refractivity contribution in [1.29, 1.82) is 5.26 Å². The van der Waals surface area contributed by atoms with E-state index in [4.69, 9.17) is 5.26 Å². The van der Waals surface area contributed by atoms with Crippen LogP contribution in [-0.4, -0.2) is 17.3 Å². The summed E-state index contributed by atoms with van der Waals surface area (Å²) < 4.78 is 0.687. The summed E-state index contributed by atoms with van der Waals surface area (Å²) in [6.07, 6.45) is 0.503. The molecule has 1 unspecified atom stereocenters. The fourth-order valence-corrected chi connectivity index (χ4v) is 2.84. The average molecular weight is 344 g/mol. The number of carbonyl (C=O) groups excluding carboxylic acids is 1. The third kappa shape index (κ3) is 2.00. The molecule has 16 heavy (non-hydrogen) atoms. The Morgan fingerprint density at radius 2 is 2.25 bits per heavy atom. The van der Waals surface area contributed by atoms with Crippen molar-refractivity contribution in [2.24, 2.45) is 0 Å². The molecule has 2 rings (SSSR count). The summed E-state index contributed by atoms with van der Waals surface area (Å²) in [6.45, 7) is 0.645. The number of carbonyl (C=O) groups is 1. The number of hydrogen-bond donors (Lipinski definition) is 0. The van der Waals surface area contributed by atoms with E-state index in [9.17, 15) is 4.79 Å². The van der Waals surface area contributed by atoms with Crippen molar-refractivity contribution in [3.8, 4) is 6.07 Å². The largest absolute Gasteiger partial charge is 0.310 e. The van der Waals surface area contributed by atoms with Crippen LogP contribution in [0.4, 0.5) is 5.69 Å². The molecule has 0 aromatic heterocycles. The minimum Gasteiger partial charge on any atom is -0.310 e. The first-order valence-corrected chi connectivity index (χ1v) is 6.47. The molecule has 1 heterocycles. The van der Waals surface area contributed by atoms with Crippen LogP contribution in [-0.2, 0) is 4.79 Å². The Bertz CT molecular complexity index is 481. The van der Waals surface area contributed by atoms with Crippen molar-refractivity contribution in [2.45, 2.75) is 11.2 Å². The van der Waals surface area contributed by atoms with Gasteiger partial charge in [-0.1, -0.05) is 22.0 Å². The van der Waals surface area contributed by atoms with Crippen LogP contribution in [0.3, 0.4) is 0 Å². The fraction of sp³-hybridized carbons (Fsp3) is 0.273. The van der Waals surface area contributed by atoms with E-state index in [0.29, 0.717) is 23.0 Å². The number of amides is 1. The first kappa shape index (κ1) is 11.6. The van der Waals surface area contributed by atoms with E-state index < -0.39 is 0 Å². The van der Waals surface area contributed by atoms with Gasteiger partial charge in [0.25, 0.3) is 0 Å². The maximum atomic E-state index is 11.7. The molecule has 0 aliphatic carbocycles. The Hall–Kier alpha value is -0.860. The van der Waals surface area contributed by atoms with Gasteiger partial charge in [-0.25, -0.2) is 0 Å². The number of anilines is 1. The van der Waals surface area contributed by atoms with Crippen LogP contribution in [0.2, 0.25) is 0 Å². The van der Waals surface area contributed by atoms with Crippen LogP contribution in [0.25, 0.3) is 0 Å². The van der Waals surface area contributed by atoms with Gasteiger partial charge in [0.05, 0.1) is 15.7 Å². The van der Waals surface area contributed by atoms with E-state index in [0.717, 1.165) is 5.69 Å². The van der Waals surface area contributed by atoms with Gasteiger partial charge >= 0.3 is 0 Å². The molecule has 1 amide bonds. The van der Waals surface area contributed by atoms with Gasteiger partial charge in [0.2, 0.25) is 5.91 Å².